The van der Waals surface area contributed by atoms with Crippen LogP contribution in [0.4, 0.5) is 19.1 Å². The van der Waals surface area contributed by atoms with E-state index in [1.54, 1.807) is 6.07 Å². The second-order valence-corrected chi connectivity index (χ2v) is 6.28. The van der Waals surface area contributed by atoms with Crippen molar-refractivity contribution in [3.8, 4) is 11.5 Å². The highest BCUT2D eigenvalue weighted by Gasteiger charge is 2.45. The van der Waals surface area contributed by atoms with Gasteiger partial charge in [0.15, 0.2) is 0 Å². The number of nitrogens with zero attached hydrogens (tertiary/aromatic N) is 4. The van der Waals surface area contributed by atoms with Crippen LogP contribution in [0.1, 0.15) is 30.7 Å². The maximum atomic E-state index is 13.7. The van der Waals surface area contributed by atoms with Gasteiger partial charge in [-0.3, -0.25) is 0 Å². The molecule has 6 nitrogen and oxygen atoms in total. The van der Waals surface area contributed by atoms with Crippen LogP contribution in [0.3, 0.4) is 0 Å². The Bertz CT molecular complexity index is 943. The quantitative estimate of drug-likeness (QED) is 0.707. The normalized spacial score (nSPS) is 15.3. The Labute approximate surface area is 150 Å². The molecule has 1 saturated carbocycles. The summed E-state index contributed by atoms with van der Waals surface area (Å²) in [5, 5.41) is 10.0. The molecule has 2 heterocycles. The van der Waals surface area contributed by atoms with E-state index in [4.69, 9.17) is 16.0 Å². The summed E-state index contributed by atoms with van der Waals surface area (Å²) in [5.74, 6) is -1.02. The summed E-state index contributed by atoms with van der Waals surface area (Å²) < 4.78 is 43.5. The standard InChI is InChI=1S/C16H11ClF3N5O/c17-10-2-1-9(5-11(10)18)16(3-4-16)23-15-21-6-8(7-22-15)13-24-25-14(26-13)12(19)20/h1-2,5-7,12H,3-4H2,(H,21,22,23). The van der Waals surface area contributed by atoms with Crippen molar-refractivity contribution in [3.63, 3.8) is 0 Å². The summed E-state index contributed by atoms with van der Waals surface area (Å²) in [5.41, 5.74) is 0.628. The summed E-state index contributed by atoms with van der Waals surface area (Å²) in [4.78, 5) is 8.29. The minimum absolute atomic E-state index is 0.0628. The topological polar surface area (TPSA) is 76.7 Å². The highest BCUT2D eigenvalue weighted by atomic mass is 35.5. The molecule has 10 heteroatoms. The molecule has 2 aromatic heterocycles. The molecule has 0 unspecified atom stereocenters. The second-order valence-electron chi connectivity index (χ2n) is 5.88. The van der Waals surface area contributed by atoms with Crippen molar-refractivity contribution in [3.05, 3.63) is 52.9 Å². The zero-order valence-corrected chi connectivity index (χ0v) is 13.8. The van der Waals surface area contributed by atoms with Crippen LogP contribution in [0.5, 0.6) is 0 Å². The first-order valence-corrected chi connectivity index (χ1v) is 8.02. The van der Waals surface area contributed by atoms with Gasteiger partial charge in [-0.2, -0.15) is 8.78 Å². The van der Waals surface area contributed by atoms with Crippen molar-refractivity contribution in [1.29, 1.82) is 0 Å². The van der Waals surface area contributed by atoms with E-state index >= 15 is 0 Å². The molecule has 0 radical (unpaired) electrons. The van der Waals surface area contributed by atoms with E-state index in [0.717, 1.165) is 18.4 Å². The van der Waals surface area contributed by atoms with Gasteiger partial charge < -0.3 is 9.73 Å². The number of benzene rings is 1. The van der Waals surface area contributed by atoms with Crippen molar-refractivity contribution in [2.45, 2.75) is 24.8 Å². The van der Waals surface area contributed by atoms with Gasteiger partial charge in [0.05, 0.1) is 16.1 Å². The first-order valence-electron chi connectivity index (χ1n) is 7.64. The van der Waals surface area contributed by atoms with E-state index < -0.39 is 23.7 Å². The molecule has 0 saturated heterocycles. The summed E-state index contributed by atoms with van der Waals surface area (Å²) in [6, 6.07) is 4.65. The van der Waals surface area contributed by atoms with Gasteiger partial charge in [0.2, 0.25) is 5.95 Å². The molecule has 1 aromatic carbocycles. The molecular formula is C16H11ClF3N5O. The molecule has 1 N–H and O–H groups in total. The van der Waals surface area contributed by atoms with E-state index in [9.17, 15) is 13.2 Å². The molecule has 0 amide bonds. The first kappa shape index (κ1) is 16.8. The Morgan fingerprint density at radius 2 is 1.88 bits per heavy atom. The minimum atomic E-state index is -2.84. The molecule has 0 aliphatic heterocycles. The van der Waals surface area contributed by atoms with Crippen molar-refractivity contribution in [1.82, 2.24) is 20.2 Å². The van der Waals surface area contributed by atoms with E-state index in [1.165, 1.54) is 24.5 Å². The average Bonchev–Trinajstić information content (AvgIpc) is 3.22. The number of anilines is 1. The van der Waals surface area contributed by atoms with E-state index in [1.807, 2.05) is 0 Å². The van der Waals surface area contributed by atoms with Crippen molar-refractivity contribution >= 4 is 17.5 Å². The number of nitrogens with one attached hydrogen (secondary N) is 1. The van der Waals surface area contributed by atoms with Gasteiger partial charge in [0.1, 0.15) is 5.82 Å². The molecule has 0 spiro atoms. The van der Waals surface area contributed by atoms with Crippen molar-refractivity contribution in [2.75, 3.05) is 5.32 Å². The van der Waals surface area contributed by atoms with Crippen LogP contribution in [0.15, 0.2) is 35.0 Å². The third-order valence-corrected chi connectivity index (χ3v) is 4.41. The van der Waals surface area contributed by atoms with Crippen LogP contribution in [-0.2, 0) is 5.54 Å². The summed E-state index contributed by atoms with van der Waals surface area (Å²) in [6.07, 6.45) is 1.52. The zero-order valence-electron chi connectivity index (χ0n) is 13.1. The SMILES string of the molecule is Fc1cc(C2(Nc3ncc(-c4nnc(C(F)F)o4)cn3)CC2)ccc1Cl. The van der Waals surface area contributed by atoms with Crippen LogP contribution < -0.4 is 5.32 Å². The highest BCUT2D eigenvalue weighted by Crippen LogP contribution is 2.48. The third kappa shape index (κ3) is 3.10. The molecule has 134 valence electrons. The predicted octanol–water partition coefficient (Wildman–Crippen LogP) is 4.36. The molecule has 0 bridgehead atoms. The Morgan fingerprint density at radius 3 is 2.46 bits per heavy atom. The molecule has 4 rings (SSSR count). The molecule has 3 aromatic rings. The zero-order chi connectivity index (χ0) is 18.3. The Hall–Kier alpha value is -2.68. The van der Waals surface area contributed by atoms with Crippen molar-refractivity contribution in [2.24, 2.45) is 0 Å². The predicted molar refractivity (Wildman–Crippen MR) is 86.2 cm³/mol. The fraction of sp³-hybridized carbons (Fsp3) is 0.250. The van der Waals surface area contributed by atoms with Crippen LogP contribution in [0.25, 0.3) is 11.5 Å². The lowest BCUT2D eigenvalue weighted by Gasteiger charge is -2.18. The van der Waals surface area contributed by atoms with Gasteiger partial charge in [0.25, 0.3) is 11.8 Å². The number of aromatic nitrogens is 4. The van der Waals surface area contributed by atoms with Crippen LogP contribution >= 0.6 is 11.6 Å². The van der Waals surface area contributed by atoms with Gasteiger partial charge in [-0.1, -0.05) is 17.7 Å². The third-order valence-electron chi connectivity index (χ3n) is 4.10. The maximum absolute atomic E-state index is 13.7. The summed E-state index contributed by atoms with van der Waals surface area (Å²) in [7, 11) is 0. The van der Waals surface area contributed by atoms with E-state index in [2.05, 4.69) is 25.5 Å². The van der Waals surface area contributed by atoms with Gasteiger partial charge in [-0.25, -0.2) is 14.4 Å². The van der Waals surface area contributed by atoms with E-state index in [0.29, 0.717) is 11.5 Å². The number of halogens is 4. The lowest BCUT2D eigenvalue weighted by atomic mass is 10.1. The smallest absolute Gasteiger partial charge is 0.314 e. The molecule has 26 heavy (non-hydrogen) atoms. The lowest BCUT2D eigenvalue weighted by Crippen LogP contribution is -2.20. The van der Waals surface area contributed by atoms with Gasteiger partial charge in [-0.05, 0) is 30.5 Å². The summed E-state index contributed by atoms with van der Waals surface area (Å²) in [6.45, 7) is 0. The number of alkyl halides is 2. The Balaban J connectivity index is 1.53. The number of rotatable bonds is 5. The fourth-order valence-electron chi connectivity index (χ4n) is 2.56. The Kier molecular flexibility index (Phi) is 4.03. The van der Waals surface area contributed by atoms with Crippen LogP contribution in [-0.4, -0.2) is 20.2 Å². The molecule has 0 atom stereocenters. The molecule has 1 aliphatic rings. The van der Waals surface area contributed by atoms with Crippen LogP contribution in [0, 0.1) is 5.82 Å². The van der Waals surface area contributed by atoms with Gasteiger partial charge in [0, 0.05) is 12.4 Å². The highest BCUT2D eigenvalue weighted by molar-refractivity contribution is 6.30. The molecule has 1 fully saturated rings. The monoisotopic (exact) mass is 381 g/mol. The molecular weight excluding hydrogens is 371 g/mol. The Morgan fingerprint density at radius 1 is 1.15 bits per heavy atom. The maximum Gasteiger partial charge on any atom is 0.314 e. The van der Waals surface area contributed by atoms with Crippen LogP contribution in [0.2, 0.25) is 5.02 Å². The first-order chi connectivity index (χ1) is 12.5. The minimum Gasteiger partial charge on any atom is -0.415 e. The second kappa shape index (κ2) is 6.24. The van der Waals surface area contributed by atoms with Crippen molar-refractivity contribution < 1.29 is 17.6 Å². The average molecular weight is 382 g/mol. The number of hydrogen-bond donors (Lipinski definition) is 1. The summed E-state index contributed by atoms with van der Waals surface area (Å²) >= 11 is 5.72. The largest absolute Gasteiger partial charge is 0.415 e. The molecule has 1 aliphatic carbocycles. The van der Waals surface area contributed by atoms with Gasteiger partial charge in [-0.15, -0.1) is 10.2 Å². The fourth-order valence-corrected chi connectivity index (χ4v) is 2.68. The van der Waals surface area contributed by atoms with Gasteiger partial charge >= 0.3 is 6.43 Å². The number of hydrogen-bond acceptors (Lipinski definition) is 6. The lowest BCUT2D eigenvalue weighted by molar-refractivity contribution is 0.116. The van der Waals surface area contributed by atoms with E-state index in [-0.39, 0.29) is 10.9 Å².